The number of hydrogen-bond acceptors (Lipinski definition) is 3. The Bertz CT molecular complexity index is 851. The van der Waals surface area contributed by atoms with E-state index in [2.05, 4.69) is 32.2 Å². The first kappa shape index (κ1) is 21.8. The van der Waals surface area contributed by atoms with Crippen LogP contribution in [0.25, 0.3) is 0 Å². The van der Waals surface area contributed by atoms with Gasteiger partial charge in [-0.1, -0.05) is 51.8 Å². The predicted molar refractivity (Wildman–Crippen MR) is 119 cm³/mol. The summed E-state index contributed by atoms with van der Waals surface area (Å²) in [5.74, 6) is -0.0777. The van der Waals surface area contributed by atoms with Crippen molar-refractivity contribution < 1.29 is 9.59 Å². The molecule has 0 saturated carbocycles. The molecule has 29 heavy (non-hydrogen) atoms. The topological polar surface area (TPSA) is 52.7 Å². The largest absolute Gasteiger partial charge is 0.349 e. The van der Waals surface area contributed by atoms with Crippen LogP contribution >= 0.6 is 27.5 Å². The molecule has 2 aromatic rings. The molecule has 1 heterocycles. The Morgan fingerprint density at radius 1 is 1.10 bits per heavy atom. The molecule has 1 N–H and O–H groups in total. The Hall–Kier alpha value is -1.89. The average molecular weight is 479 g/mol. The van der Waals surface area contributed by atoms with Gasteiger partial charge in [-0.2, -0.15) is 0 Å². The molecule has 154 valence electrons. The highest BCUT2D eigenvalue weighted by atomic mass is 79.9. The number of carbonyl (C=O) groups is 2. The van der Waals surface area contributed by atoms with Crippen molar-refractivity contribution in [2.45, 2.75) is 25.9 Å². The van der Waals surface area contributed by atoms with Crippen molar-refractivity contribution in [2.75, 3.05) is 26.2 Å². The van der Waals surface area contributed by atoms with Crippen LogP contribution < -0.4 is 5.32 Å². The summed E-state index contributed by atoms with van der Waals surface area (Å²) in [6, 6.07) is 15.3. The van der Waals surface area contributed by atoms with E-state index in [1.54, 1.807) is 0 Å². The fourth-order valence-corrected chi connectivity index (χ4v) is 4.02. The van der Waals surface area contributed by atoms with Crippen LogP contribution in [0.15, 0.2) is 53.0 Å². The van der Waals surface area contributed by atoms with Crippen molar-refractivity contribution in [1.29, 1.82) is 0 Å². The number of rotatable bonds is 6. The fraction of sp³-hybridized carbons (Fsp3) is 0.364. The zero-order valence-electron chi connectivity index (χ0n) is 16.4. The number of benzene rings is 2. The number of nitrogens with zero attached hydrogens (tertiary/aromatic N) is 2. The van der Waals surface area contributed by atoms with E-state index in [1.165, 1.54) is 12.5 Å². The monoisotopic (exact) mass is 477 g/mol. The van der Waals surface area contributed by atoms with Gasteiger partial charge in [-0.15, -0.1) is 0 Å². The Balaban J connectivity index is 1.55. The zero-order chi connectivity index (χ0) is 20.8. The first-order valence-electron chi connectivity index (χ1n) is 9.68. The third kappa shape index (κ3) is 6.56. The van der Waals surface area contributed by atoms with Gasteiger partial charge in [0.25, 0.3) is 0 Å². The van der Waals surface area contributed by atoms with E-state index < -0.39 is 0 Å². The summed E-state index contributed by atoms with van der Waals surface area (Å²) in [4.78, 5) is 28.7. The molecule has 3 rings (SSSR count). The predicted octanol–water partition coefficient (Wildman–Crippen LogP) is 4.01. The maximum Gasteiger partial charge on any atom is 0.225 e. The van der Waals surface area contributed by atoms with Gasteiger partial charge < -0.3 is 10.2 Å². The number of hydrogen-bond donors (Lipinski definition) is 1. The summed E-state index contributed by atoms with van der Waals surface area (Å²) in [5.41, 5.74) is 2.11. The van der Waals surface area contributed by atoms with Gasteiger partial charge in [0.2, 0.25) is 11.8 Å². The second-order valence-electron chi connectivity index (χ2n) is 7.30. The molecular formula is C22H25BrClN3O2. The second-order valence-corrected chi connectivity index (χ2v) is 8.65. The number of carbonyl (C=O) groups excluding carboxylic acids is 2. The lowest BCUT2D eigenvalue weighted by Crippen LogP contribution is -2.49. The lowest BCUT2D eigenvalue weighted by molar-refractivity contribution is -0.133. The molecule has 0 aliphatic carbocycles. The Labute approximate surface area is 185 Å². The van der Waals surface area contributed by atoms with E-state index >= 15 is 0 Å². The summed E-state index contributed by atoms with van der Waals surface area (Å²) in [7, 11) is 0. The van der Waals surface area contributed by atoms with Crippen molar-refractivity contribution in [1.82, 2.24) is 15.1 Å². The summed E-state index contributed by atoms with van der Waals surface area (Å²) < 4.78 is 0.963. The Kier molecular flexibility index (Phi) is 7.70. The van der Waals surface area contributed by atoms with Crippen molar-refractivity contribution >= 4 is 39.3 Å². The number of piperazine rings is 1. The lowest BCUT2D eigenvalue weighted by atomic mass is 10.0. The van der Waals surface area contributed by atoms with E-state index in [0.717, 1.165) is 34.7 Å². The molecule has 1 fully saturated rings. The van der Waals surface area contributed by atoms with Crippen LogP contribution in [0.1, 0.15) is 30.5 Å². The van der Waals surface area contributed by atoms with Gasteiger partial charge in [-0.25, -0.2) is 0 Å². The molecule has 0 aromatic heterocycles. The molecule has 1 atom stereocenters. The van der Waals surface area contributed by atoms with Crippen LogP contribution in [0.3, 0.4) is 0 Å². The molecule has 2 amide bonds. The third-order valence-corrected chi connectivity index (χ3v) is 5.81. The van der Waals surface area contributed by atoms with Gasteiger partial charge in [0.1, 0.15) is 0 Å². The molecule has 0 spiro atoms. The fourth-order valence-electron chi connectivity index (χ4n) is 3.55. The molecular weight excluding hydrogens is 454 g/mol. The standard InChI is InChI=1S/C22H25BrClN3O2/c1-16(28)25-21(18-5-7-19(23)8-6-18)14-22(29)27-11-9-26(10-12-27)15-17-3-2-4-20(24)13-17/h2-8,13,21H,9-12,14-15H2,1H3,(H,25,28). The molecule has 1 unspecified atom stereocenters. The van der Waals surface area contributed by atoms with Crippen LogP contribution in [-0.4, -0.2) is 47.8 Å². The third-order valence-electron chi connectivity index (χ3n) is 5.05. The molecule has 0 bridgehead atoms. The smallest absolute Gasteiger partial charge is 0.225 e. The molecule has 2 aromatic carbocycles. The first-order valence-corrected chi connectivity index (χ1v) is 10.8. The average Bonchev–Trinajstić information content (AvgIpc) is 2.68. The van der Waals surface area contributed by atoms with Crippen molar-refractivity contribution in [2.24, 2.45) is 0 Å². The number of nitrogens with one attached hydrogen (secondary N) is 1. The minimum Gasteiger partial charge on any atom is -0.349 e. The summed E-state index contributed by atoms with van der Waals surface area (Å²) >= 11 is 9.48. The second kappa shape index (κ2) is 10.2. The van der Waals surface area contributed by atoms with E-state index in [0.29, 0.717) is 13.1 Å². The maximum atomic E-state index is 12.9. The van der Waals surface area contributed by atoms with Crippen LogP contribution in [0.5, 0.6) is 0 Å². The van der Waals surface area contributed by atoms with Crippen molar-refractivity contribution in [3.05, 3.63) is 69.2 Å². The highest BCUT2D eigenvalue weighted by Gasteiger charge is 2.25. The summed E-state index contributed by atoms with van der Waals surface area (Å²) in [5, 5.41) is 3.65. The van der Waals surface area contributed by atoms with Crippen LogP contribution in [0.4, 0.5) is 0 Å². The van der Waals surface area contributed by atoms with E-state index in [-0.39, 0.29) is 24.3 Å². The normalized spacial score (nSPS) is 15.8. The van der Waals surface area contributed by atoms with Gasteiger partial charge in [0.15, 0.2) is 0 Å². The van der Waals surface area contributed by atoms with E-state index in [1.807, 2.05) is 47.4 Å². The lowest BCUT2D eigenvalue weighted by Gasteiger charge is -2.35. The van der Waals surface area contributed by atoms with Crippen molar-refractivity contribution in [3.8, 4) is 0 Å². The van der Waals surface area contributed by atoms with E-state index in [9.17, 15) is 9.59 Å². The van der Waals surface area contributed by atoms with Crippen molar-refractivity contribution in [3.63, 3.8) is 0 Å². The van der Waals surface area contributed by atoms with Crippen LogP contribution in [-0.2, 0) is 16.1 Å². The molecule has 7 heteroatoms. The van der Waals surface area contributed by atoms with Gasteiger partial charge >= 0.3 is 0 Å². The Morgan fingerprint density at radius 3 is 2.41 bits per heavy atom. The molecule has 1 saturated heterocycles. The first-order chi connectivity index (χ1) is 13.9. The summed E-state index contributed by atoms with van der Waals surface area (Å²) in [6.45, 7) is 5.32. The maximum absolute atomic E-state index is 12.9. The van der Waals surface area contributed by atoms with Crippen LogP contribution in [0, 0.1) is 0 Å². The Morgan fingerprint density at radius 2 is 1.79 bits per heavy atom. The van der Waals surface area contributed by atoms with Gasteiger partial charge in [-0.05, 0) is 35.4 Å². The minimum atomic E-state index is -0.322. The van der Waals surface area contributed by atoms with Gasteiger partial charge in [0, 0.05) is 49.1 Å². The van der Waals surface area contributed by atoms with Gasteiger partial charge in [-0.3, -0.25) is 14.5 Å². The van der Waals surface area contributed by atoms with E-state index in [4.69, 9.17) is 11.6 Å². The number of amides is 2. The molecule has 0 radical (unpaired) electrons. The quantitative estimate of drug-likeness (QED) is 0.682. The highest BCUT2D eigenvalue weighted by Crippen LogP contribution is 2.21. The molecule has 1 aliphatic heterocycles. The molecule has 5 nitrogen and oxygen atoms in total. The highest BCUT2D eigenvalue weighted by molar-refractivity contribution is 9.10. The SMILES string of the molecule is CC(=O)NC(CC(=O)N1CCN(Cc2cccc(Cl)c2)CC1)c1ccc(Br)cc1. The van der Waals surface area contributed by atoms with Gasteiger partial charge in [0.05, 0.1) is 12.5 Å². The van der Waals surface area contributed by atoms with Crippen LogP contribution in [0.2, 0.25) is 5.02 Å². The molecule has 1 aliphatic rings. The zero-order valence-corrected chi connectivity index (χ0v) is 18.7. The number of halogens is 2. The minimum absolute atomic E-state index is 0.0640. The summed E-state index contributed by atoms with van der Waals surface area (Å²) in [6.07, 6.45) is 0.259.